The molecule has 1 aromatic rings. The highest BCUT2D eigenvalue weighted by molar-refractivity contribution is 6.35. The molecule has 4 rings (SSSR count). The molecule has 3 heterocycles. The molecule has 3 aliphatic heterocycles. The molecule has 168 valence electrons. The van der Waals surface area contributed by atoms with Gasteiger partial charge in [0.1, 0.15) is 6.04 Å². The molecular formula is C22H28Cl2N4O3. The van der Waals surface area contributed by atoms with Crippen LogP contribution in [0.2, 0.25) is 10.0 Å². The van der Waals surface area contributed by atoms with Crippen molar-refractivity contribution in [2.75, 3.05) is 52.4 Å². The van der Waals surface area contributed by atoms with E-state index in [0.717, 1.165) is 32.4 Å². The number of nitrogens with zero attached hydrogens (tertiary/aromatic N) is 4. The van der Waals surface area contributed by atoms with E-state index in [4.69, 9.17) is 23.2 Å². The van der Waals surface area contributed by atoms with Crippen molar-refractivity contribution in [3.63, 3.8) is 0 Å². The van der Waals surface area contributed by atoms with E-state index >= 15 is 0 Å². The third kappa shape index (κ3) is 5.16. The lowest BCUT2D eigenvalue weighted by Crippen LogP contribution is -2.55. The molecule has 3 saturated heterocycles. The van der Waals surface area contributed by atoms with Gasteiger partial charge in [0.2, 0.25) is 11.8 Å². The van der Waals surface area contributed by atoms with Crippen LogP contribution in [0.15, 0.2) is 18.2 Å². The average Bonchev–Trinajstić information content (AvgIpc) is 3.45. The summed E-state index contributed by atoms with van der Waals surface area (Å²) in [6, 6.07) is 4.31. The predicted octanol–water partition coefficient (Wildman–Crippen LogP) is 2.36. The molecule has 0 radical (unpaired) electrons. The highest BCUT2D eigenvalue weighted by atomic mass is 35.5. The first-order chi connectivity index (χ1) is 14.9. The Bertz CT molecular complexity index is 831. The van der Waals surface area contributed by atoms with Gasteiger partial charge in [-0.3, -0.25) is 19.3 Å². The number of halogens is 2. The monoisotopic (exact) mass is 466 g/mol. The summed E-state index contributed by atoms with van der Waals surface area (Å²) in [4.78, 5) is 46.2. The number of rotatable bonds is 4. The zero-order valence-corrected chi connectivity index (χ0v) is 19.1. The summed E-state index contributed by atoms with van der Waals surface area (Å²) in [6.07, 6.45) is 3.63. The van der Waals surface area contributed by atoms with Crippen LogP contribution in [0.4, 0.5) is 0 Å². The summed E-state index contributed by atoms with van der Waals surface area (Å²) in [5.41, 5.74) is 0.405. The minimum atomic E-state index is -0.456. The predicted molar refractivity (Wildman–Crippen MR) is 119 cm³/mol. The third-order valence-corrected chi connectivity index (χ3v) is 6.85. The van der Waals surface area contributed by atoms with Crippen LogP contribution in [-0.2, 0) is 9.59 Å². The van der Waals surface area contributed by atoms with E-state index in [9.17, 15) is 14.4 Å². The summed E-state index contributed by atoms with van der Waals surface area (Å²) in [7, 11) is 0. The minimum absolute atomic E-state index is 0.00973. The molecular weight excluding hydrogens is 439 g/mol. The van der Waals surface area contributed by atoms with Crippen molar-refractivity contribution in [3.8, 4) is 0 Å². The van der Waals surface area contributed by atoms with E-state index in [1.807, 2.05) is 9.80 Å². The number of carbonyl (C=O) groups excluding carboxylic acids is 3. The third-order valence-electron chi connectivity index (χ3n) is 6.41. The van der Waals surface area contributed by atoms with Gasteiger partial charge >= 0.3 is 0 Å². The molecule has 0 saturated carbocycles. The molecule has 9 heteroatoms. The van der Waals surface area contributed by atoms with Gasteiger partial charge in [-0.25, -0.2) is 0 Å². The lowest BCUT2D eigenvalue weighted by atomic mass is 10.1. The zero-order valence-electron chi connectivity index (χ0n) is 17.6. The Labute approximate surface area is 192 Å². The number of carbonyl (C=O) groups is 3. The summed E-state index contributed by atoms with van der Waals surface area (Å²) in [5, 5.41) is 0.801. The molecule has 1 unspecified atom stereocenters. The Morgan fingerprint density at radius 1 is 0.806 bits per heavy atom. The largest absolute Gasteiger partial charge is 0.342 e. The molecule has 0 bridgehead atoms. The number of piperazine rings is 1. The van der Waals surface area contributed by atoms with Crippen molar-refractivity contribution < 1.29 is 14.4 Å². The lowest BCUT2D eigenvalue weighted by Gasteiger charge is -2.37. The Morgan fingerprint density at radius 2 is 1.45 bits per heavy atom. The molecule has 0 aliphatic carbocycles. The fraction of sp³-hybridized carbons (Fsp3) is 0.591. The van der Waals surface area contributed by atoms with Crippen LogP contribution in [0, 0.1) is 0 Å². The zero-order chi connectivity index (χ0) is 22.0. The second-order valence-electron chi connectivity index (χ2n) is 8.50. The summed E-state index contributed by atoms with van der Waals surface area (Å²) in [5.74, 6) is -0.0374. The van der Waals surface area contributed by atoms with Crippen molar-refractivity contribution in [2.45, 2.75) is 31.7 Å². The van der Waals surface area contributed by atoms with Gasteiger partial charge in [0.25, 0.3) is 5.91 Å². The van der Waals surface area contributed by atoms with Crippen molar-refractivity contribution in [3.05, 3.63) is 33.8 Å². The molecule has 1 atom stereocenters. The first-order valence-corrected chi connectivity index (χ1v) is 11.7. The van der Waals surface area contributed by atoms with Crippen molar-refractivity contribution in [1.29, 1.82) is 0 Å². The Kier molecular flexibility index (Phi) is 7.04. The molecule has 3 amide bonds. The maximum atomic E-state index is 13.2. The van der Waals surface area contributed by atoms with E-state index in [2.05, 4.69) is 4.90 Å². The van der Waals surface area contributed by atoms with Gasteiger partial charge in [-0.05, 0) is 43.9 Å². The molecule has 3 aliphatic rings. The highest BCUT2D eigenvalue weighted by Gasteiger charge is 2.38. The summed E-state index contributed by atoms with van der Waals surface area (Å²) >= 11 is 12.1. The maximum absolute atomic E-state index is 13.2. The van der Waals surface area contributed by atoms with E-state index in [1.54, 1.807) is 23.1 Å². The average molecular weight is 467 g/mol. The quantitative estimate of drug-likeness (QED) is 0.682. The van der Waals surface area contributed by atoms with Gasteiger partial charge in [-0.15, -0.1) is 0 Å². The fourth-order valence-electron chi connectivity index (χ4n) is 4.70. The van der Waals surface area contributed by atoms with E-state index < -0.39 is 6.04 Å². The normalized spacial score (nSPS) is 22.3. The number of likely N-dealkylation sites (tertiary alicyclic amines) is 2. The molecule has 7 nitrogen and oxygen atoms in total. The van der Waals surface area contributed by atoms with Crippen LogP contribution in [0.3, 0.4) is 0 Å². The Morgan fingerprint density at radius 3 is 2.10 bits per heavy atom. The number of amides is 3. The number of hydrogen-bond acceptors (Lipinski definition) is 4. The second-order valence-corrected chi connectivity index (χ2v) is 9.38. The first-order valence-electron chi connectivity index (χ1n) is 11.0. The SMILES string of the molecule is O=C(CN1CCN(C(=O)C2CCCN2C(=O)c2cc(Cl)cc(Cl)c2)CC1)N1CCCC1. The van der Waals surface area contributed by atoms with E-state index in [-0.39, 0.29) is 17.7 Å². The topological polar surface area (TPSA) is 64.2 Å². The van der Waals surface area contributed by atoms with Gasteiger partial charge in [-0.1, -0.05) is 23.2 Å². The van der Waals surface area contributed by atoms with Crippen molar-refractivity contribution in [1.82, 2.24) is 19.6 Å². The summed E-state index contributed by atoms with van der Waals surface area (Å²) < 4.78 is 0. The van der Waals surface area contributed by atoms with Crippen LogP contribution in [0.5, 0.6) is 0 Å². The van der Waals surface area contributed by atoms with Gasteiger partial charge in [0, 0.05) is 61.4 Å². The van der Waals surface area contributed by atoms with Gasteiger partial charge in [0.05, 0.1) is 6.54 Å². The summed E-state index contributed by atoms with van der Waals surface area (Å²) in [6.45, 7) is 5.20. The molecule has 1 aromatic carbocycles. The standard InChI is InChI=1S/C22H28Cl2N4O3/c23-17-12-16(13-18(24)14-17)21(30)28-7-3-4-19(28)22(31)27-10-8-25(9-11-27)15-20(29)26-5-1-2-6-26/h12-14,19H,1-11,15H2. The van der Waals surface area contributed by atoms with Gasteiger partial charge in [0.15, 0.2) is 0 Å². The molecule has 0 N–H and O–H groups in total. The first kappa shape index (κ1) is 22.4. The molecule has 0 aromatic heterocycles. The number of benzene rings is 1. The van der Waals surface area contributed by atoms with Gasteiger partial charge < -0.3 is 14.7 Å². The molecule has 3 fully saturated rings. The van der Waals surface area contributed by atoms with Gasteiger partial charge in [-0.2, -0.15) is 0 Å². The Hall–Kier alpha value is -1.83. The van der Waals surface area contributed by atoms with Crippen LogP contribution < -0.4 is 0 Å². The minimum Gasteiger partial charge on any atom is -0.342 e. The fourth-order valence-corrected chi connectivity index (χ4v) is 5.23. The van der Waals surface area contributed by atoms with Crippen LogP contribution in [0.25, 0.3) is 0 Å². The van der Waals surface area contributed by atoms with Crippen molar-refractivity contribution in [2.24, 2.45) is 0 Å². The molecule has 0 spiro atoms. The molecule has 31 heavy (non-hydrogen) atoms. The Balaban J connectivity index is 1.33. The van der Waals surface area contributed by atoms with Crippen molar-refractivity contribution >= 4 is 40.9 Å². The second kappa shape index (κ2) is 9.76. The highest BCUT2D eigenvalue weighted by Crippen LogP contribution is 2.25. The maximum Gasteiger partial charge on any atom is 0.254 e. The van der Waals surface area contributed by atoms with Crippen LogP contribution in [0.1, 0.15) is 36.0 Å². The van der Waals surface area contributed by atoms with Crippen LogP contribution in [-0.4, -0.2) is 95.7 Å². The lowest BCUT2D eigenvalue weighted by molar-refractivity contribution is -0.137. The van der Waals surface area contributed by atoms with Crippen LogP contribution >= 0.6 is 23.2 Å². The van der Waals surface area contributed by atoms with E-state index in [0.29, 0.717) is 61.3 Å². The number of hydrogen-bond donors (Lipinski definition) is 0. The van der Waals surface area contributed by atoms with E-state index in [1.165, 1.54) is 0 Å². The smallest absolute Gasteiger partial charge is 0.254 e.